The lowest BCUT2D eigenvalue weighted by Crippen LogP contribution is -2.14. The van der Waals surface area contributed by atoms with Gasteiger partial charge in [0.05, 0.1) is 19.0 Å². The molecule has 8 nitrogen and oxygen atoms in total. The minimum absolute atomic E-state index is 0.0260. The molecule has 3 aromatic rings. The van der Waals surface area contributed by atoms with E-state index in [2.05, 4.69) is 20.1 Å². The van der Waals surface area contributed by atoms with Crippen molar-refractivity contribution in [2.24, 2.45) is 0 Å². The van der Waals surface area contributed by atoms with Gasteiger partial charge in [0.15, 0.2) is 11.4 Å². The number of phenols is 1. The predicted molar refractivity (Wildman–Crippen MR) is 102 cm³/mol. The number of ether oxygens (including phenoxy) is 1. The first-order chi connectivity index (χ1) is 14.3. The SMILES string of the molecule is COC(=O)c1cc(Cl)cc(NC(=O)c2cnn3c(C(F)F)cc(C4CC4)nc23)c1O. The van der Waals surface area contributed by atoms with Crippen LogP contribution in [0.5, 0.6) is 5.75 Å². The Morgan fingerprint density at radius 3 is 2.67 bits per heavy atom. The van der Waals surface area contributed by atoms with Crippen molar-refractivity contribution in [1.82, 2.24) is 14.6 Å². The molecule has 1 aliphatic carbocycles. The predicted octanol–water partition coefficient (Wildman–Crippen LogP) is 3.94. The minimum atomic E-state index is -2.80. The molecular formula is C19H15ClF2N4O4. The minimum Gasteiger partial charge on any atom is -0.505 e. The van der Waals surface area contributed by atoms with Gasteiger partial charge in [0, 0.05) is 16.6 Å². The number of nitrogens with one attached hydrogen (secondary N) is 1. The number of nitrogens with zero attached hydrogens (tertiary/aromatic N) is 3. The first kappa shape index (κ1) is 20.0. The summed E-state index contributed by atoms with van der Waals surface area (Å²) >= 11 is 5.96. The lowest BCUT2D eigenvalue weighted by molar-refractivity contribution is 0.0597. The van der Waals surface area contributed by atoms with Crippen LogP contribution in [0.4, 0.5) is 14.5 Å². The molecule has 0 saturated heterocycles. The smallest absolute Gasteiger partial charge is 0.341 e. The van der Waals surface area contributed by atoms with Crippen LogP contribution in [0, 0.1) is 0 Å². The number of aromatic nitrogens is 3. The number of methoxy groups -OCH3 is 1. The van der Waals surface area contributed by atoms with Gasteiger partial charge >= 0.3 is 5.97 Å². The van der Waals surface area contributed by atoms with Crippen LogP contribution in [-0.4, -0.2) is 38.7 Å². The molecule has 0 atom stereocenters. The molecule has 2 N–H and O–H groups in total. The second kappa shape index (κ2) is 7.52. The van der Waals surface area contributed by atoms with Gasteiger partial charge in [0.1, 0.15) is 16.8 Å². The first-order valence-electron chi connectivity index (χ1n) is 8.89. The van der Waals surface area contributed by atoms with Gasteiger partial charge < -0.3 is 15.2 Å². The number of amides is 1. The monoisotopic (exact) mass is 436 g/mol. The van der Waals surface area contributed by atoms with Crippen molar-refractivity contribution in [1.29, 1.82) is 0 Å². The summed E-state index contributed by atoms with van der Waals surface area (Å²) in [6.45, 7) is 0. The van der Waals surface area contributed by atoms with Crippen LogP contribution in [0.15, 0.2) is 24.4 Å². The summed E-state index contributed by atoms with van der Waals surface area (Å²) in [6, 6.07) is 3.72. The third-order valence-electron chi connectivity index (χ3n) is 4.71. The fourth-order valence-electron chi connectivity index (χ4n) is 3.06. The fraction of sp³-hybridized carbons (Fsp3) is 0.263. The van der Waals surface area contributed by atoms with Gasteiger partial charge in [-0.2, -0.15) is 5.10 Å². The number of hydrogen-bond donors (Lipinski definition) is 2. The van der Waals surface area contributed by atoms with Crippen molar-refractivity contribution in [3.8, 4) is 5.75 Å². The summed E-state index contributed by atoms with van der Waals surface area (Å²) in [4.78, 5) is 29.0. The standard InChI is InChI=1S/C19H15ClF2N4O4/c1-30-19(29)10-4-9(20)5-13(15(10)27)25-18(28)11-7-23-26-14(16(21)22)6-12(8-2-3-8)24-17(11)26/h4-8,16,27H,2-3H2,1H3,(H,25,28). The van der Waals surface area contributed by atoms with Crippen LogP contribution in [0.2, 0.25) is 5.02 Å². The lowest BCUT2D eigenvalue weighted by atomic mass is 10.1. The molecule has 0 unspecified atom stereocenters. The van der Waals surface area contributed by atoms with E-state index in [-0.39, 0.29) is 39.1 Å². The first-order valence-corrected chi connectivity index (χ1v) is 9.26. The normalized spacial score (nSPS) is 13.6. The van der Waals surface area contributed by atoms with Crippen molar-refractivity contribution in [2.75, 3.05) is 12.4 Å². The topological polar surface area (TPSA) is 106 Å². The van der Waals surface area contributed by atoms with Crippen LogP contribution < -0.4 is 5.32 Å². The van der Waals surface area contributed by atoms with Gasteiger partial charge in [-0.15, -0.1) is 0 Å². The number of alkyl halides is 2. The number of halogens is 3. The molecule has 0 spiro atoms. The van der Waals surface area contributed by atoms with Crippen LogP contribution in [0.1, 0.15) is 57.3 Å². The van der Waals surface area contributed by atoms with Crippen LogP contribution in [-0.2, 0) is 4.74 Å². The van der Waals surface area contributed by atoms with Gasteiger partial charge in [-0.25, -0.2) is 23.1 Å². The molecule has 11 heteroatoms. The number of phenolic OH excluding ortho intramolecular Hbond substituents is 1. The molecule has 30 heavy (non-hydrogen) atoms. The number of carbonyl (C=O) groups excluding carboxylic acids is 2. The van der Waals surface area contributed by atoms with E-state index in [1.165, 1.54) is 18.2 Å². The maximum Gasteiger partial charge on any atom is 0.341 e. The zero-order valence-electron chi connectivity index (χ0n) is 15.5. The Balaban J connectivity index is 1.74. The van der Waals surface area contributed by atoms with E-state index in [0.29, 0.717) is 5.69 Å². The van der Waals surface area contributed by atoms with Gasteiger partial charge in [-0.3, -0.25) is 4.79 Å². The fourth-order valence-corrected chi connectivity index (χ4v) is 3.28. The zero-order valence-corrected chi connectivity index (χ0v) is 16.3. The molecule has 156 valence electrons. The van der Waals surface area contributed by atoms with E-state index >= 15 is 0 Å². The van der Waals surface area contributed by atoms with Crippen LogP contribution in [0.3, 0.4) is 0 Å². The van der Waals surface area contributed by atoms with E-state index in [1.807, 2.05) is 0 Å². The Kier molecular flexibility index (Phi) is 5.02. The Hall–Kier alpha value is -3.27. The van der Waals surface area contributed by atoms with Gasteiger partial charge in [-0.1, -0.05) is 11.6 Å². The highest BCUT2D eigenvalue weighted by molar-refractivity contribution is 6.31. The van der Waals surface area contributed by atoms with Crippen LogP contribution >= 0.6 is 11.6 Å². The molecule has 1 fully saturated rings. The molecular weight excluding hydrogens is 422 g/mol. The van der Waals surface area contributed by atoms with Crippen molar-refractivity contribution in [3.63, 3.8) is 0 Å². The molecule has 0 radical (unpaired) electrons. The summed E-state index contributed by atoms with van der Waals surface area (Å²) in [6.07, 6.45) is -0.00533. The summed E-state index contributed by atoms with van der Waals surface area (Å²) < 4.78 is 32.5. The largest absolute Gasteiger partial charge is 0.505 e. The number of esters is 1. The average molecular weight is 437 g/mol. The number of fused-ring (bicyclic) bond motifs is 1. The Bertz CT molecular complexity index is 1180. The number of aromatic hydroxyl groups is 1. The third-order valence-corrected chi connectivity index (χ3v) is 4.93. The number of carbonyl (C=O) groups is 2. The third kappa shape index (κ3) is 3.54. The van der Waals surface area contributed by atoms with E-state index in [4.69, 9.17) is 11.6 Å². The highest BCUT2D eigenvalue weighted by Gasteiger charge is 2.29. The highest BCUT2D eigenvalue weighted by Crippen LogP contribution is 2.40. The maximum absolute atomic E-state index is 13.5. The van der Waals surface area contributed by atoms with E-state index in [0.717, 1.165) is 30.7 Å². The zero-order chi connectivity index (χ0) is 21.6. The summed E-state index contributed by atoms with van der Waals surface area (Å²) in [5.74, 6) is -2.08. The molecule has 1 amide bonds. The number of benzene rings is 1. The van der Waals surface area contributed by atoms with Gasteiger partial charge in [-0.05, 0) is 31.0 Å². The average Bonchev–Trinajstić information content (AvgIpc) is 3.47. The van der Waals surface area contributed by atoms with E-state index in [9.17, 15) is 23.5 Å². The van der Waals surface area contributed by atoms with Crippen LogP contribution in [0.25, 0.3) is 5.65 Å². The quantitative estimate of drug-likeness (QED) is 0.463. The van der Waals surface area contributed by atoms with E-state index in [1.54, 1.807) is 0 Å². The highest BCUT2D eigenvalue weighted by atomic mass is 35.5. The van der Waals surface area contributed by atoms with E-state index < -0.39 is 24.1 Å². The van der Waals surface area contributed by atoms with Crippen molar-refractivity contribution in [2.45, 2.75) is 25.2 Å². The van der Waals surface area contributed by atoms with Gasteiger partial charge in [0.2, 0.25) is 0 Å². The summed E-state index contributed by atoms with van der Waals surface area (Å²) in [5, 5.41) is 16.7. The second-order valence-corrected chi connectivity index (χ2v) is 7.21. The van der Waals surface area contributed by atoms with Crippen molar-refractivity contribution in [3.05, 3.63) is 51.9 Å². The molecule has 1 aromatic carbocycles. The van der Waals surface area contributed by atoms with Gasteiger partial charge in [0.25, 0.3) is 12.3 Å². The maximum atomic E-state index is 13.5. The van der Waals surface area contributed by atoms with Crippen molar-refractivity contribution < 1.29 is 28.2 Å². The number of rotatable bonds is 5. The lowest BCUT2D eigenvalue weighted by Gasteiger charge is -2.11. The Morgan fingerprint density at radius 2 is 2.03 bits per heavy atom. The second-order valence-electron chi connectivity index (χ2n) is 6.77. The summed E-state index contributed by atoms with van der Waals surface area (Å²) in [7, 11) is 1.13. The number of anilines is 1. The molecule has 1 aliphatic rings. The Labute approximate surface area is 173 Å². The molecule has 0 bridgehead atoms. The molecule has 2 heterocycles. The molecule has 2 aromatic heterocycles. The van der Waals surface area contributed by atoms with Crippen molar-refractivity contribution >= 4 is 34.8 Å². The Morgan fingerprint density at radius 1 is 1.30 bits per heavy atom. The molecule has 1 saturated carbocycles. The molecule has 0 aliphatic heterocycles. The number of hydrogen-bond acceptors (Lipinski definition) is 6. The summed E-state index contributed by atoms with van der Waals surface area (Å²) in [5.41, 5.74) is -0.375. The molecule has 4 rings (SSSR count).